The van der Waals surface area contributed by atoms with Crippen molar-refractivity contribution in [1.82, 2.24) is 0 Å². The van der Waals surface area contributed by atoms with Crippen LogP contribution in [0.5, 0.6) is 5.75 Å². The van der Waals surface area contributed by atoms with E-state index >= 15 is 0 Å². The van der Waals surface area contributed by atoms with Crippen molar-refractivity contribution < 1.29 is 13.5 Å². The number of benzene rings is 3. The summed E-state index contributed by atoms with van der Waals surface area (Å²) < 4.78 is 35.5. The summed E-state index contributed by atoms with van der Waals surface area (Å²) >= 11 is 0. The van der Waals surface area contributed by atoms with Gasteiger partial charge < -0.3 is 4.74 Å². The Morgan fingerprint density at radius 3 is 1.87 bits per heavy atom. The first-order chi connectivity index (χ1) is 18.6. The lowest BCUT2D eigenvalue weighted by atomic mass is 9.78. The summed E-state index contributed by atoms with van der Waals surface area (Å²) in [5, 5.41) is 0. The van der Waals surface area contributed by atoms with Crippen LogP contribution in [-0.4, -0.2) is 6.61 Å². The average molecular weight is 519 g/mol. The van der Waals surface area contributed by atoms with Crippen molar-refractivity contribution in [3.8, 4) is 28.0 Å². The quantitative estimate of drug-likeness (QED) is 0.204. The molecular weight excluding hydrogens is 474 g/mol. The van der Waals surface area contributed by atoms with Crippen LogP contribution in [0, 0.1) is 23.5 Å². The molecule has 1 fully saturated rings. The van der Waals surface area contributed by atoms with Gasteiger partial charge in [-0.1, -0.05) is 114 Å². The first kappa shape index (κ1) is 28.3. The van der Waals surface area contributed by atoms with Crippen LogP contribution in [-0.2, 0) is 6.42 Å². The van der Waals surface area contributed by atoms with Gasteiger partial charge in [0.15, 0.2) is 11.6 Å². The molecule has 3 aromatic rings. The van der Waals surface area contributed by atoms with Crippen molar-refractivity contribution in [3.05, 3.63) is 77.9 Å². The highest BCUT2D eigenvalue weighted by molar-refractivity contribution is 5.71. The predicted molar refractivity (Wildman–Crippen MR) is 156 cm³/mol. The van der Waals surface area contributed by atoms with E-state index in [1.807, 2.05) is 24.3 Å². The minimum atomic E-state index is -0.898. The summed E-state index contributed by atoms with van der Waals surface area (Å²) in [6.07, 6.45) is 14.7. The Bertz CT molecular complexity index is 1110. The molecule has 1 saturated carbocycles. The van der Waals surface area contributed by atoms with Gasteiger partial charge in [-0.25, -0.2) is 4.39 Å². The maximum absolute atomic E-state index is 15.0. The predicted octanol–water partition coefficient (Wildman–Crippen LogP) is 10.8. The molecule has 1 nitrogen and oxygen atoms in total. The van der Waals surface area contributed by atoms with Gasteiger partial charge in [-0.05, 0) is 71.9 Å². The van der Waals surface area contributed by atoms with E-state index in [0.29, 0.717) is 12.2 Å². The van der Waals surface area contributed by atoms with Crippen LogP contribution in [0.4, 0.5) is 8.78 Å². The van der Waals surface area contributed by atoms with Gasteiger partial charge >= 0.3 is 0 Å². The fourth-order valence-electron chi connectivity index (χ4n) is 5.92. The molecular formula is C35H44F2O. The zero-order valence-corrected chi connectivity index (χ0v) is 23.3. The van der Waals surface area contributed by atoms with Gasteiger partial charge in [0.2, 0.25) is 5.82 Å². The molecule has 0 aromatic heterocycles. The second kappa shape index (κ2) is 14.5. The molecule has 0 saturated heterocycles. The Morgan fingerprint density at radius 1 is 0.632 bits per heavy atom. The minimum absolute atomic E-state index is 0.00792. The van der Waals surface area contributed by atoms with Crippen LogP contribution in [0.15, 0.2) is 60.7 Å². The van der Waals surface area contributed by atoms with Crippen molar-refractivity contribution in [2.75, 3.05) is 6.61 Å². The number of hydrogen-bond acceptors (Lipinski definition) is 1. The Balaban J connectivity index is 1.30. The molecule has 0 radical (unpaired) electrons. The van der Waals surface area contributed by atoms with Crippen molar-refractivity contribution in [2.24, 2.45) is 11.8 Å². The zero-order chi connectivity index (χ0) is 26.7. The number of aryl methyl sites for hydroxylation is 1. The molecule has 1 aliphatic carbocycles. The molecule has 204 valence electrons. The highest BCUT2D eigenvalue weighted by Crippen LogP contribution is 2.34. The zero-order valence-electron chi connectivity index (χ0n) is 23.3. The van der Waals surface area contributed by atoms with Gasteiger partial charge in [0, 0.05) is 5.56 Å². The van der Waals surface area contributed by atoms with Gasteiger partial charge in [0.25, 0.3) is 0 Å². The van der Waals surface area contributed by atoms with E-state index in [1.165, 1.54) is 63.4 Å². The molecule has 0 aliphatic heterocycles. The third-order valence-corrected chi connectivity index (χ3v) is 8.28. The highest BCUT2D eigenvalue weighted by Gasteiger charge is 2.20. The first-order valence-corrected chi connectivity index (χ1v) is 14.9. The summed E-state index contributed by atoms with van der Waals surface area (Å²) in [5.74, 6) is -0.0758. The first-order valence-electron chi connectivity index (χ1n) is 14.9. The van der Waals surface area contributed by atoms with Crippen LogP contribution >= 0.6 is 0 Å². The Morgan fingerprint density at radius 2 is 1.24 bits per heavy atom. The monoisotopic (exact) mass is 518 g/mol. The molecule has 4 rings (SSSR count). The number of hydrogen-bond donors (Lipinski definition) is 0. The number of ether oxygens (including phenoxy) is 1. The third kappa shape index (κ3) is 7.68. The summed E-state index contributed by atoms with van der Waals surface area (Å²) in [4.78, 5) is 0. The van der Waals surface area contributed by atoms with Crippen molar-refractivity contribution in [3.63, 3.8) is 0 Å². The lowest BCUT2D eigenvalue weighted by molar-refractivity contribution is 0.226. The Hall–Kier alpha value is -2.68. The van der Waals surface area contributed by atoms with Gasteiger partial charge in [0.1, 0.15) is 0 Å². The van der Waals surface area contributed by atoms with Crippen molar-refractivity contribution in [1.29, 1.82) is 0 Å². The van der Waals surface area contributed by atoms with Gasteiger partial charge in [-0.3, -0.25) is 0 Å². The second-order valence-corrected chi connectivity index (χ2v) is 11.1. The minimum Gasteiger partial charge on any atom is -0.490 e. The number of halogens is 2. The standard InChI is InChI=1S/C35H44F2O/c1-3-5-6-9-27-15-17-29(18-16-27)30-19-21-31(22-20-30)32-23-24-33(35(37)34(32)36)38-25-7-10-28-13-11-26(8-4-2)12-14-28/h15-24,26,28H,3-14,25H2,1-2H3. The molecule has 3 aromatic carbocycles. The number of rotatable bonds is 13. The lowest BCUT2D eigenvalue weighted by Crippen LogP contribution is -2.15. The van der Waals surface area contributed by atoms with Gasteiger partial charge in [-0.2, -0.15) is 4.39 Å². The average Bonchev–Trinajstić information content (AvgIpc) is 2.95. The van der Waals surface area contributed by atoms with Crippen molar-refractivity contribution in [2.45, 2.75) is 90.9 Å². The van der Waals surface area contributed by atoms with E-state index in [0.717, 1.165) is 42.2 Å². The fourth-order valence-corrected chi connectivity index (χ4v) is 5.92. The molecule has 0 unspecified atom stereocenters. The number of unbranched alkanes of at least 4 members (excludes halogenated alkanes) is 2. The normalized spacial score (nSPS) is 17.5. The largest absolute Gasteiger partial charge is 0.490 e. The summed E-state index contributed by atoms with van der Waals surface area (Å²) in [7, 11) is 0. The van der Waals surface area contributed by atoms with Crippen LogP contribution in [0.2, 0.25) is 0 Å². The molecule has 38 heavy (non-hydrogen) atoms. The van der Waals surface area contributed by atoms with Gasteiger partial charge in [0.05, 0.1) is 6.61 Å². The topological polar surface area (TPSA) is 9.23 Å². The molecule has 0 spiro atoms. The van der Waals surface area contributed by atoms with Gasteiger partial charge in [-0.15, -0.1) is 0 Å². The smallest absolute Gasteiger partial charge is 0.201 e. The maximum atomic E-state index is 15.0. The van der Waals surface area contributed by atoms with Crippen molar-refractivity contribution >= 4 is 0 Å². The molecule has 0 heterocycles. The Labute approximate surface area is 228 Å². The van der Waals surface area contributed by atoms with Crippen LogP contribution in [0.1, 0.15) is 90.0 Å². The maximum Gasteiger partial charge on any atom is 0.201 e. The van der Waals surface area contributed by atoms with E-state index in [-0.39, 0.29) is 11.3 Å². The SMILES string of the molecule is CCCCCc1ccc(-c2ccc(-c3ccc(OCCCC4CCC(CCC)CC4)c(F)c3F)cc2)cc1. The Kier molecular flexibility index (Phi) is 10.8. The lowest BCUT2D eigenvalue weighted by Gasteiger charge is -2.28. The summed E-state index contributed by atoms with van der Waals surface area (Å²) in [6.45, 7) is 4.91. The summed E-state index contributed by atoms with van der Waals surface area (Å²) in [6, 6.07) is 19.5. The molecule has 3 heteroatoms. The summed E-state index contributed by atoms with van der Waals surface area (Å²) in [5.41, 5.74) is 4.46. The van der Waals surface area contributed by atoms with Crippen LogP contribution < -0.4 is 4.74 Å². The van der Waals surface area contributed by atoms with E-state index in [4.69, 9.17) is 4.74 Å². The molecule has 0 bridgehead atoms. The van der Waals surface area contributed by atoms with E-state index in [1.54, 1.807) is 12.1 Å². The molecule has 0 N–H and O–H groups in total. The van der Waals surface area contributed by atoms with E-state index < -0.39 is 11.6 Å². The van der Waals surface area contributed by atoms with Crippen LogP contribution in [0.25, 0.3) is 22.3 Å². The van der Waals surface area contributed by atoms with Crippen LogP contribution in [0.3, 0.4) is 0 Å². The fraction of sp³-hybridized carbons (Fsp3) is 0.486. The second-order valence-electron chi connectivity index (χ2n) is 11.1. The molecule has 1 aliphatic rings. The van der Waals surface area contributed by atoms with E-state index in [9.17, 15) is 8.78 Å². The molecule has 0 atom stereocenters. The van der Waals surface area contributed by atoms with E-state index in [2.05, 4.69) is 38.1 Å². The third-order valence-electron chi connectivity index (χ3n) is 8.28. The molecule has 0 amide bonds. The highest BCUT2D eigenvalue weighted by atomic mass is 19.2.